The molecule has 0 saturated heterocycles. The zero-order chi connectivity index (χ0) is 13.9. The Balaban J connectivity index is 1.71. The van der Waals surface area contributed by atoms with Gasteiger partial charge in [0, 0.05) is 17.0 Å². The number of thiophene rings is 1. The van der Waals surface area contributed by atoms with Crippen molar-refractivity contribution in [2.75, 3.05) is 0 Å². The molecule has 0 spiro atoms. The lowest BCUT2D eigenvalue weighted by Crippen LogP contribution is -2.27. The van der Waals surface area contributed by atoms with Crippen LogP contribution in [0.15, 0.2) is 35.7 Å². The molecule has 2 unspecified atom stereocenters. The SMILES string of the molecule is CCc1ccc(C(C)NC2CCCc3sccc32)cc1. The highest BCUT2D eigenvalue weighted by Gasteiger charge is 2.22. The van der Waals surface area contributed by atoms with Crippen LogP contribution in [0.2, 0.25) is 0 Å². The van der Waals surface area contributed by atoms with E-state index in [2.05, 4.69) is 54.9 Å². The van der Waals surface area contributed by atoms with E-state index in [4.69, 9.17) is 0 Å². The lowest BCUT2D eigenvalue weighted by Gasteiger charge is -2.27. The van der Waals surface area contributed by atoms with Gasteiger partial charge >= 0.3 is 0 Å². The second kappa shape index (κ2) is 6.11. The first-order valence-corrected chi connectivity index (χ1v) is 8.57. The molecule has 2 heteroatoms. The second-order valence-electron chi connectivity index (χ2n) is 5.73. The topological polar surface area (TPSA) is 12.0 Å². The van der Waals surface area contributed by atoms with Crippen LogP contribution in [0.1, 0.15) is 60.3 Å². The Hall–Kier alpha value is -1.12. The van der Waals surface area contributed by atoms with E-state index in [1.54, 1.807) is 10.4 Å². The molecule has 0 fully saturated rings. The number of aryl methyl sites for hydroxylation is 2. The molecule has 1 N–H and O–H groups in total. The third-order valence-electron chi connectivity index (χ3n) is 4.39. The summed E-state index contributed by atoms with van der Waals surface area (Å²) in [5.41, 5.74) is 4.35. The molecular formula is C18H23NS. The first-order valence-electron chi connectivity index (χ1n) is 7.69. The van der Waals surface area contributed by atoms with Gasteiger partial charge in [-0.15, -0.1) is 11.3 Å². The molecule has 1 aromatic carbocycles. The molecule has 0 amide bonds. The summed E-state index contributed by atoms with van der Waals surface area (Å²) < 4.78 is 0. The molecular weight excluding hydrogens is 262 g/mol. The third kappa shape index (κ3) is 2.82. The quantitative estimate of drug-likeness (QED) is 0.830. The van der Waals surface area contributed by atoms with Crippen molar-refractivity contribution in [3.63, 3.8) is 0 Å². The maximum Gasteiger partial charge on any atom is 0.0336 e. The van der Waals surface area contributed by atoms with Crippen LogP contribution >= 0.6 is 11.3 Å². The molecule has 0 aliphatic heterocycles. The van der Waals surface area contributed by atoms with E-state index >= 15 is 0 Å². The molecule has 1 nitrogen and oxygen atoms in total. The van der Waals surface area contributed by atoms with Crippen molar-refractivity contribution >= 4 is 11.3 Å². The minimum Gasteiger partial charge on any atom is -0.303 e. The van der Waals surface area contributed by atoms with Crippen LogP contribution in [0.5, 0.6) is 0 Å². The highest BCUT2D eigenvalue weighted by molar-refractivity contribution is 7.10. The zero-order valence-electron chi connectivity index (χ0n) is 12.4. The second-order valence-corrected chi connectivity index (χ2v) is 6.73. The van der Waals surface area contributed by atoms with Crippen LogP contribution in [0.25, 0.3) is 0 Å². The summed E-state index contributed by atoms with van der Waals surface area (Å²) >= 11 is 1.92. The first-order chi connectivity index (χ1) is 9.78. The van der Waals surface area contributed by atoms with Gasteiger partial charge in [0.25, 0.3) is 0 Å². The standard InChI is InChI=1S/C18H23NS/c1-3-14-7-9-15(10-8-14)13(2)19-17-5-4-6-18-16(17)11-12-20-18/h7-13,17,19H,3-6H2,1-2H3. The van der Waals surface area contributed by atoms with E-state index in [1.165, 1.54) is 30.4 Å². The molecule has 0 saturated carbocycles. The van der Waals surface area contributed by atoms with Crippen LogP contribution in [0.3, 0.4) is 0 Å². The first kappa shape index (κ1) is 13.8. The number of benzene rings is 1. The normalized spacial score (nSPS) is 19.6. The molecule has 1 aromatic heterocycles. The van der Waals surface area contributed by atoms with E-state index in [9.17, 15) is 0 Å². The predicted octanol–water partition coefficient (Wildman–Crippen LogP) is 5.04. The smallest absolute Gasteiger partial charge is 0.0336 e. The van der Waals surface area contributed by atoms with Gasteiger partial charge in [-0.1, -0.05) is 31.2 Å². The van der Waals surface area contributed by atoms with Gasteiger partial charge in [-0.2, -0.15) is 0 Å². The fraction of sp³-hybridized carbons (Fsp3) is 0.444. The van der Waals surface area contributed by atoms with E-state index in [0.29, 0.717) is 12.1 Å². The van der Waals surface area contributed by atoms with Crippen LogP contribution in [0, 0.1) is 0 Å². The molecule has 1 aliphatic rings. The monoisotopic (exact) mass is 285 g/mol. The Kier molecular flexibility index (Phi) is 4.23. The highest BCUT2D eigenvalue weighted by atomic mass is 32.1. The maximum atomic E-state index is 3.82. The van der Waals surface area contributed by atoms with Crippen molar-refractivity contribution in [3.8, 4) is 0 Å². The van der Waals surface area contributed by atoms with Crippen LogP contribution in [0.4, 0.5) is 0 Å². The van der Waals surface area contributed by atoms with Gasteiger partial charge in [-0.05, 0) is 60.7 Å². The van der Waals surface area contributed by atoms with Gasteiger partial charge in [-0.25, -0.2) is 0 Å². The molecule has 0 radical (unpaired) electrons. The van der Waals surface area contributed by atoms with Gasteiger partial charge in [0.05, 0.1) is 0 Å². The van der Waals surface area contributed by atoms with E-state index in [0.717, 1.165) is 6.42 Å². The average Bonchev–Trinajstić information content (AvgIpc) is 2.97. The van der Waals surface area contributed by atoms with Crippen molar-refractivity contribution in [3.05, 3.63) is 57.3 Å². The minimum absolute atomic E-state index is 0.414. The van der Waals surface area contributed by atoms with Gasteiger partial charge in [0.2, 0.25) is 0 Å². The third-order valence-corrected chi connectivity index (χ3v) is 5.39. The number of hydrogen-bond donors (Lipinski definition) is 1. The van der Waals surface area contributed by atoms with Gasteiger partial charge in [-0.3, -0.25) is 0 Å². The Labute approximate surface area is 126 Å². The molecule has 3 rings (SSSR count). The van der Waals surface area contributed by atoms with Gasteiger partial charge in [0.1, 0.15) is 0 Å². The van der Waals surface area contributed by atoms with E-state index in [1.807, 2.05) is 11.3 Å². The van der Waals surface area contributed by atoms with Gasteiger partial charge in [0.15, 0.2) is 0 Å². The summed E-state index contributed by atoms with van der Waals surface area (Å²) in [6.07, 6.45) is 4.96. The molecule has 1 aliphatic carbocycles. The summed E-state index contributed by atoms with van der Waals surface area (Å²) in [7, 11) is 0. The highest BCUT2D eigenvalue weighted by Crippen LogP contribution is 2.34. The lowest BCUT2D eigenvalue weighted by molar-refractivity contribution is 0.418. The number of hydrogen-bond acceptors (Lipinski definition) is 2. The number of nitrogens with one attached hydrogen (secondary N) is 1. The molecule has 106 valence electrons. The van der Waals surface area contributed by atoms with Crippen LogP contribution in [-0.4, -0.2) is 0 Å². The Morgan fingerprint density at radius 2 is 2.05 bits per heavy atom. The van der Waals surface area contributed by atoms with E-state index < -0.39 is 0 Å². The van der Waals surface area contributed by atoms with Crippen molar-refractivity contribution in [2.24, 2.45) is 0 Å². The largest absolute Gasteiger partial charge is 0.303 e. The summed E-state index contributed by atoms with van der Waals surface area (Å²) in [4.78, 5) is 1.59. The molecule has 2 aromatic rings. The molecule has 20 heavy (non-hydrogen) atoms. The van der Waals surface area contributed by atoms with Crippen molar-refractivity contribution in [1.29, 1.82) is 0 Å². The number of fused-ring (bicyclic) bond motifs is 1. The molecule has 2 atom stereocenters. The van der Waals surface area contributed by atoms with Crippen molar-refractivity contribution < 1.29 is 0 Å². The fourth-order valence-electron chi connectivity index (χ4n) is 3.10. The van der Waals surface area contributed by atoms with E-state index in [-0.39, 0.29) is 0 Å². The summed E-state index contributed by atoms with van der Waals surface area (Å²) in [5.74, 6) is 0. The average molecular weight is 285 g/mol. The Morgan fingerprint density at radius 1 is 1.25 bits per heavy atom. The lowest BCUT2D eigenvalue weighted by atomic mass is 9.92. The van der Waals surface area contributed by atoms with Crippen molar-refractivity contribution in [1.82, 2.24) is 5.32 Å². The molecule has 1 heterocycles. The predicted molar refractivity (Wildman–Crippen MR) is 87.4 cm³/mol. The summed E-state index contributed by atoms with van der Waals surface area (Å²) in [6.45, 7) is 4.48. The zero-order valence-corrected chi connectivity index (χ0v) is 13.2. The summed E-state index contributed by atoms with van der Waals surface area (Å²) in [6, 6.07) is 12.3. The Bertz CT molecular complexity index is 555. The Morgan fingerprint density at radius 3 is 2.80 bits per heavy atom. The van der Waals surface area contributed by atoms with Gasteiger partial charge < -0.3 is 5.32 Å². The van der Waals surface area contributed by atoms with Crippen LogP contribution < -0.4 is 5.32 Å². The molecule has 0 bridgehead atoms. The fourth-order valence-corrected chi connectivity index (χ4v) is 4.09. The summed E-state index contributed by atoms with van der Waals surface area (Å²) in [5, 5.41) is 6.06. The van der Waals surface area contributed by atoms with Crippen LogP contribution in [-0.2, 0) is 12.8 Å². The van der Waals surface area contributed by atoms with Crippen molar-refractivity contribution in [2.45, 2.75) is 51.6 Å². The number of rotatable bonds is 4. The maximum absolute atomic E-state index is 3.82. The minimum atomic E-state index is 0.414.